The third kappa shape index (κ3) is 45.4. The van der Waals surface area contributed by atoms with E-state index in [1.54, 1.807) is 0 Å². The van der Waals surface area contributed by atoms with E-state index in [9.17, 15) is 28.8 Å². The molecule has 0 saturated heterocycles. The van der Waals surface area contributed by atoms with Crippen LogP contribution in [0.2, 0.25) is 0 Å². The van der Waals surface area contributed by atoms with Crippen molar-refractivity contribution in [3.8, 4) is 0 Å². The molecule has 3 fully saturated rings. The zero-order valence-electron chi connectivity index (χ0n) is 63.1. The largest absolute Gasteiger partial charge is 0.462 e. The molecule has 0 bridgehead atoms. The lowest BCUT2D eigenvalue weighted by atomic mass is 9.79. The quantitative estimate of drug-likeness (QED) is 0.0168. The van der Waals surface area contributed by atoms with Gasteiger partial charge in [-0.1, -0.05) is 233 Å². The molecule has 3 N–H and O–H groups in total. The molecule has 578 valence electrons. The highest BCUT2D eigenvalue weighted by Crippen LogP contribution is 2.36. The van der Waals surface area contributed by atoms with E-state index < -0.39 is 12.1 Å². The van der Waals surface area contributed by atoms with Crippen molar-refractivity contribution in [2.75, 3.05) is 33.0 Å². The van der Waals surface area contributed by atoms with Crippen molar-refractivity contribution in [3.05, 3.63) is 0 Å². The van der Waals surface area contributed by atoms with Crippen LogP contribution in [0.1, 0.15) is 387 Å². The molecule has 0 spiro atoms. The van der Waals surface area contributed by atoms with Gasteiger partial charge in [0.05, 0.1) is 37.6 Å². The minimum atomic E-state index is -0.894. The Hall–Kier alpha value is -3.42. The van der Waals surface area contributed by atoms with Crippen LogP contribution in [-0.2, 0) is 71.9 Å². The summed E-state index contributed by atoms with van der Waals surface area (Å²) in [5.41, 5.74) is 0. The lowest BCUT2D eigenvalue weighted by Crippen LogP contribution is -2.33. The predicted octanol–water partition coefficient (Wildman–Crippen LogP) is 21.2. The first-order valence-corrected chi connectivity index (χ1v) is 41.4. The highest BCUT2D eigenvalue weighted by Gasteiger charge is 2.37. The summed E-state index contributed by atoms with van der Waals surface area (Å²) in [4.78, 5) is 92.6. The van der Waals surface area contributed by atoms with Crippen molar-refractivity contribution in [1.29, 1.82) is 0 Å². The van der Waals surface area contributed by atoms with Crippen LogP contribution in [0.4, 0.5) is 0 Å². The zero-order valence-corrected chi connectivity index (χ0v) is 63.1. The van der Waals surface area contributed by atoms with Gasteiger partial charge in [-0.15, -0.1) is 0 Å². The topological polar surface area (TPSA) is 246 Å². The van der Waals surface area contributed by atoms with Gasteiger partial charge in [0.15, 0.2) is 6.10 Å². The van der Waals surface area contributed by atoms with Gasteiger partial charge >= 0.3 is 35.8 Å². The van der Waals surface area contributed by atoms with Crippen LogP contribution in [0.25, 0.3) is 0 Å². The number of unbranched alkanes of at least 4 members (excludes halogenated alkanes) is 30. The first-order chi connectivity index (χ1) is 48.5. The smallest absolute Gasteiger partial charge is 0.309 e. The van der Waals surface area contributed by atoms with Crippen LogP contribution in [0.15, 0.2) is 0 Å². The van der Waals surface area contributed by atoms with Gasteiger partial charge in [0.25, 0.3) is 0 Å². The van der Waals surface area contributed by atoms with Crippen molar-refractivity contribution < 1.29 is 87.6 Å². The van der Waals surface area contributed by atoms with E-state index in [4.69, 9.17) is 44.2 Å². The second kappa shape index (κ2) is 62.0. The van der Waals surface area contributed by atoms with Crippen LogP contribution < -0.4 is 0 Å². The maximum absolute atomic E-state index is 13.3. The Balaban J connectivity index is 1.38. The highest BCUT2D eigenvalue weighted by atomic mass is 17.1. The molecule has 0 aromatic rings. The molecule has 0 aliphatic heterocycles. The standard InChI is InChI=1S/C81H146O18/c1-4-7-10-31-49-69(97-79(85)73-55-43-40-46-66(73)61-93-88)52-34-25-19-13-16-22-28-37-58-76(82)91-64-72(96-78(84)60-39-30-24-18-15-21-27-36-54-71(51-33-12-9-6-3)99-81(87)75-57-45-42-48-68(75)63-95-90)65-92-77(83)59-38-29-23-17-14-20-26-35-53-70(50-32-11-8-5-2)98-80(86)74-56-44-41-47-67(74)62-94-89/h66-75,88-90H,4-65H2,1-3H3. The average molecular weight is 1410 g/mol. The Kier molecular flexibility index (Phi) is 56.2. The summed E-state index contributed by atoms with van der Waals surface area (Å²) in [7, 11) is 0. The molecule has 18 nitrogen and oxygen atoms in total. The van der Waals surface area contributed by atoms with E-state index in [1.165, 1.54) is 19.3 Å². The Morgan fingerprint density at radius 1 is 0.283 bits per heavy atom. The number of hydrogen-bond acceptors (Lipinski definition) is 18. The van der Waals surface area contributed by atoms with E-state index in [1.807, 2.05) is 0 Å². The van der Waals surface area contributed by atoms with Crippen LogP contribution in [-0.4, -0.2) is 109 Å². The SMILES string of the molecule is CCCCCCC(CCCCCCCCCCC(=O)OCC(COC(=O)CCCCCCCCCCC(CCCCCC)OC(=O)C1CCCCC1COO)OC(=O)CCCCCCCCCCC(CCCCCC)OC(=O)C1CCCCC1COO)OC(=O)C1CCCCC1COO. The van der Waals surface area contributed by atoms with Crippen molar-refractivity contribution in [2.45, 2.75) is 411 Å². The van der Waals surface area contributed by atoms with Gasteiger partial charge in [0.2, 0.25) is 0 Å². The summed E-state index contributed by atoms with van der Waals surface area (Å²) in [5, 5.41) is 27.3. The number of esters is 6. The number of rotatable bonds is 65. The molecule has 0 aromatic heterocycles. The highest BCUT2D eigenvalue weighted by molar-refractivity contribution is 5.74. The second-order valence-corrected chi connectivity index (χ2v) is 30.1. The predicted molar refractivity (Wildman–Crippen MR) is 388 cm³/mol. The number of carbonyl (C=O) groups is 6. The van der Waals surface area contributed by atoms with E-state index in [0.717, 1.165) is 308 Å². The molecule has 9 atom stereocenters. The van der Waals surface area contributed by atoms with Gasteiger partial charge in [0, 0.05) is 19.3 Å². The third-order valence-corrected chi connectivity index (χ3v) is 21.6. The molecule has 3 saturated carbocycles. The molecule has 0 radical (unpaired) electrons. The lowest BCUT2D eigenvalue weighted by molar-refractivity contribution is -0.255. The van der Waals surface area contributed by atoms with Gasteiger partial charge in [0.1, 0.15) is 31.5 Å². The summed E-state index contributed by atoms with van der Waals surface area (Å²) >= 11 is 0. The van der Waals surface area contributed by atoms with Crippen molar-refractivity contribution >= 4 is 35.8 Å². The maximum Gasteiger partial charge on any atom is 0.309 e. The number of ether oxygens (including phenoxy) is 6. The molecular weight excluding hydrogens is 1260 g/mol. The molecule has 3 rings (SSSR count). The summed E-state index contributed by atoms with van der Waals surface area (Å²) in [5.74, 6) is -2.08. The van der Waals surface area contributed by atoms with E-state index in [2.05, 4.69) is 35.4 Å². The first-order valence-electron chi connectivity index (χ1n) is 41.4. The van der Waals surface area contributed by atoms with E-state index >= 15 is 0 Å². The molecular formula is C81H146O18. The monoisotopic (exact) mass is 1410 g/mol. The van der Waals surface area contributed by atoms with Crippen LogP contribution in [0.3, 0.4) is 0 Å². The van der Waals surface area contributed by atoms with Gasteiger partial charge in [-0.05, 0) is 153 Å². The molecule has 3 aliphatic rings. The fourth-order valence-corrected chi connectivity index (χ4v) is 15.4. The summed E-state index contributed by atoms with van der Waals surface area (Å²) in [6, 6.07) is 0. The maximum atomic E-state index is 13.3. The zero-order chi connectivity index (χ0) is 71.4. The van der Waals surface area contributed by atoms with Gasteiger partial charge in [-0.2, -0.15) is 0 Å². The van der Waals surface area contributed by atoms with Crippen molar-refractivity contribution in [1.82, 2.24) is 0 Å². The van der Waals surface area contributed by atoms with E-state index in [0.29, 0.717) is 19.3 Å². The van der Waals surface area contributed by atoms with Crippen LogP contribution >= 0.6 is 0 Å². The normalized spacial score (nSPS) is 19.9. The summed E-state index contributed by atoms with van der Waals surface area (Å²) < 4.78 is 35.6. The molecule has 0 aromatic carbocycles. The Bertz CT molecular complexity index is 1890. The van der Waals surface area contributed by atoms with Gasteiger partial charge < -0.3 is 28.4 Å². The molecule has 9 unspecified atom stereocenters. The lowest BCUT2D eigenvalue weighted by Gasteiger charge is -2.30. The average Bonchev–Trinajstić information content (AvgIpc) is 0.906. The Morgan fingerprint density at radius 2 is 0.515 bits per heavy atom. The first kappa shape index (κ1) is 89.8. The third-order valence-electron chi connectivity index (χ3n) is 21.6. The van der Waals surface area contributed by atoms with Crippen LogP contribution in [0, 0.1) is 35.5 Å². The van der Waals surface area contributed by atoms with Crippen molar-refractivity contribution in [2.24, 2.45) is 35.5 Å². The van der Waals surface area contributed by atoms with Crippen molar-refractivity contribution in [3.63, 3.8) is 0 Å². The minimum Gasteiger partial charge on any atom is -0.462 e. The molecule has 0 heterocycles. The Labute approximate surface area is 600 Å². The summed E-state index contributed by atoms with van der Waals surface area (Å²) in [6.07, 6.45) is 53.5. The van der Waals surface area contributed by atoms with Gasteiger partial charge in [-0.25, -0.2) is 14.7 Å². The van der Waals surface area contributed by atoms with Gasteiger partial charge in [-0.3, -0.25) is 44.5 Å². The Morgan fingerprint density at radius 3 is 0.778 bits per heavy atom. The fraction of sp³-hybridized carbons (Fsp3) is 0.926. The molecule has 3 aliphatic carbocycles. The number of carbonyl (C=O) groups excluding carboxylic acids is 6. The van der Waals surface area contributed by atoms with E-state index in [-0.39, 0.29) is 136 Å². The second-order valence-electron chi connectivity index (χ2n) is 30.1. The molecule has 99 heavy (non-hydrogen) atoms. The number of hydrogen-bond donors (Lipinski definition) is 3. The van der Waals surface area contributed by atoms with Crippen LogP contribution in [0.5, 0.6) is 0 Å². The minimum absolute atomic E-state index is 0.00771. The molecule has 0 amide bonds. The molecule has 18 heteroatoms. The summed E-state index contributed by atoms with van der Waals surface area (Å²) in [6.45, 7) is 6.79. The fourth-order valence-electron chi connectivity index (χ4n) is 15.4.